The number of hydrogen-bond acceptors (Lipinski definition) is 4. The average Bonchev–Trinajstić information content (AvgIpc) is 3.07. The molecule has 2 aromatic carbocycles. The first-order chi connectivity index (χ1) is 16.8. The lowest BCUT2D eigenvalue weighted by molar-refractivity contribution is -0.136. The Labute approximate surface area is 213 Å². The highest BCUT2D eigenvalue weighted by Crippen LogP contribution is 2.33. The van der Waals surface area contributed by atoms with Crippen LogP contribution in [0.2, 0.25) is 0 Å². The van der Waals surface area contributed by atoms with Crippen molar-refractivity contribution in [1.29, 1.82) is 0 Å². The molecule has 1 saturated carbocycles. The van der Waals surface area contributed by atoms with Gasteiger partial charge in [0.25, 0.3) is 5.91 Å². The number of carbonyl (C=O) groups is 4. The molecule has 8 nitrogen and oxygen atoms in total. The van der Waals surface area contributed by atoms with Crippen molar-refractivity contribution in [2.75, 3.05) is 18.5 Å². The molecule has 5 amide bonds. The van der Waals surface area contributed by atoms with Gasteiger partial charge in [-0.05, 0) is 36.6 Å². The van der Waals surface area contributed by atoms with Crippen molar-refractivity contribution in [3.63, 3.8) is 0 Å². The highest BCUT2D eigenvalue weighted by atomic mass is 79.9. The molecule has 184 valence electrons. The first kappa shape index (κ1) is 24.9. The van der Waals surface area contributed by atoms with Gasteiger partial charge in [0.2, 0.25) is 11.8 Å². The smallest absolute Gasteiger partial charge is 0.325 e. The number of halogens is 1. The number of nitrogens with zero attached hydrogens (tertiary/aromatic N) is 2. The summed E-state index contributed by atoms with van der Waals surface area (Å²) < 4.78 is 0.827. The Morgan fingerprint density at radius 2 is 1.80 bits per heavy atom. The summed E-state index contributed by atoms with van der Waals surface area (Å²) in [5.74, 6) is -1.21. The second-order valence-electron chi connectivity index (χ2n) is 9.15. The number of imide groups is 1. The summed E-state index contributed by atoms with van der Waals surface area (Å²) in [5.41, 5.74) is 0.658. The van der Waals surface area contributed by atoms with Gasteiger partial charge in [-0.25, -0.2) is 4.79 Å². The van der Waals surface area contributed by atoms with Gasteiger partial charge in [0.1, 0.15) is 18.1 Å². The van der Waals surface area contributed by atoms with Gasteiger partial charge in [-0.2, -0.15) is 0 Å². The third-order valence-corrected chi connectivity index (χ3v) is 7.19. The fourth-order valence-electron chi connectivity index (χ4n) is 4.79. The van der Waals surface area contributed by atoms with Crippen LogP contribution in [0.15, 0.2) is 59.1 Å². The number of amides is 5. The topological polar surface area (TPSA) is 98.8 Å². The van der Waals surface area contributed by atoms with Crippen LogP contribution in [0.25, 0.3) is 0 Å². The molecule has 2 fully saturated rings. The van der Waals surface area contributed by atoms with E-state index < -0.39 is 30.1 Å². The van der Waals surface area contributed by atoms with Crippen LogP contribution in [0.5, 0.6) is 0 Å². The molecule has 1 atom stereocenters. The molecule has 2 aliphatic rings. The molecule has 0 aromatic heterocycles. The zero-order valence-corrected chi connectivity index (χ0v) is 21.2. The molecule has 9 heteroatoms. The average molecular weight is 541 g/mol. The molecule has 1 heterocycles. The van der Waals surface area contributed by atoms with Crippen molar-refractivity contribution < 1.29 is 19.2 Å². The summed E-state index contributed by atoms with van der Waals surface area (Å²) in [6.45, 7) is -0.425. The van der Waals surface area contributed by atoms with E-state index >= 15 is 0 Å². The van der Waals surface area contributed by atoms with E-state index in [0.29, 0.717) is 18.5 Å². The van der Waals surface area contributed by atoms with E-state index in [1.165, 1.54) is 4.90 Å². The summed E-state index contributed by atoms with van der Waals surface area (Å²) in [7, 11) is 1.65. The van der Waals surface area contributed by atoms with E-state index in [4.69, 9.17) is 0 Å². The SMILES string of the molecule is CN(C(=O)C(Cc1ccccc1)NC(=O)CN1C(=O)NC2(CCCCC2)C1=O)c1cccc(Br)c1. The van der Waals surface area contributed by atoms with Crippen LogP contribution in [-0.4, -0.2) is 53.8 Å². The van der Waals surface area contributed by atoms with Gasteiger partial charge in [-0.1, -0.05) is 71.6 Å². The normalized spacial score (nSPS) is 17.7. The Morgan fingerprint density at radius 3 is 2.49 bits per heavy atom. The quantitative estimate of drug-likeness (QED) is 0.525. The minimum atomic E-state index is -0.893. The van der Waals surface area contributed by atoms with Gasteiger partial charge in [0, 0.05) is 23.6 Å². The molecule has 1 spiro atoms. The Hall–Kier alpha value is -3.20. The van der Waals surface area contributed by atoms with Crippen molar-refractivity contribution in [1.82, 2.24) is 15.5 Å². The number of benzene rings is 2. The number of hydrogen-bond donors (Lipinski definition) is 2. The maximum absolute atomic E-state index is 13.4. The molecular formula is C26H29BrN4O4. The molecule has 1 aliphatic carbocycles. The number of urea groups is 1. The lowest BCUT2D eigenvalue weighted by Gasteiger charge is -2.30. The van der Waals surface area contributed by atoms with E-state index in [1.807, 2.05) is 48.5 Å². The first-order valence-corrected chi connectivity index (χ1v) is 12.6. The van der Waals surface area contributed by atoms with Crippen LogP contribution in [0, 0.1) is 0 Å². The Bertz CT molecular complexity index is 1120. The van der Waals surface area contributed by atoms with Crippen molar-refractivity contribution in [3.05, 3.63) is 64.6 Å². The molecule has 1 unspecified atom stereocenters. The van der Waals surface area contributed by atoms with Gasteiger partial charge in [0.15, 0.2) is 0 Å². The molecule has 2 N–H and O–H groups in total. The van der Waals surface area contributed by atoms with Gasteiger partial charge in [-0.15, -0.1) is 0 Å². The highest BCUT2D eigenvalue weighted by Gasteiger charge is 2.51. The predicted molar refractivity (Wildman–Crippen MR) is 136 cm³/mol. The maximum Gasteiger partial charge on any atom is 0.325 e. The summed E-state index contributed by atoms with van der Waals surface area (Å²) in [5, 5.41) is 5.59. The second-order valence-corrected chi connectivity index (χ2v) is 10.1. The van der Waals surface area contributed by atoms with Crippen molar-refractivity contribution in [3.8, 4) is 0 Å². The van der Waals surface area contributed by atoms with Crippen LogP contribution in [0.1, 0.15) is 37.7 Å². The van der Waals surface area contributed by atoms with Gasteiger partial charge in [0.05, 0.1) is 0 Å². The van der Waals surface area contributed by atoms with Gasteiger partial charge in [-0.3, -0.25) is 19.3 Å². The summed E-state index contributed by atoms with van der Waals surface area (Å²) in [6, 6.07) is 15.3. The Balaban J connectivity index is 1.49. The van der Waals surface area contributed by atoms with Crippen LogP contribution >= 0.6 is 15.9 Å². The first-order valence-electron chi connectivity index (χ1n) is 11.8. The molecule has 4 rings (SSSR count). The Kier molecular flexibility index (Phi) is 7.54. The third kappa shape index (κ3) is 5.56. The monoisotopic (exact) mass is 540 g/mol. The molecule has 35 heavy (non-hydrogen) atoms. The number of nitrogens with one attached hydrogen (secondary N) is 2. The van der Waals surface area contributed by atoms with Crippen LogP contribution in [-0.2, 0) is 20.8 Å². The summed E-state index contributed by atoms with van der Waals surface area (Å²) >= 11 is 3.42. The van der Waals surface area contributed by atoms with E-state index in [-0.39, 0.29) is 18.2 Å². The molecule has 0 radical (unpaired) electrons. The van der Waals surface area contributed by atoms with E-state index in [1.54, 1.807) is 13.1 Å². The molecular weight excluding hydrogens is 512 g/mol. The van der Waals surface area contributed by atoms with Crippen LogP contribution < -0.4 is 15.5 Å². The fourth-order valence-corrected chi connectivity index (χ4v) is 5.18. The minimum absolute atomic E-state index is 0.272. The minimum Gasteiger partial charge on any atom is -0.342 e. The van der Waals surface area contributed by atoms with E-state index in [2.05, 4.69) is 26.6 Å². The lowest BCUT2D eigenvalue weighted by atomic mass is 9.82. The second kappa shape index (κ2) is 10.6. The Morgan fingerprint density at radius 1 is 1.09 bits per heavy atom. The largest absolute Gasteiger partial charge is 0.342 e. The zero-order chi connectivity index (χ0) is 25.0. The van der Waals surface area contributed by atoms with E-state index in [0.717, 1.165) is 34.2 Å². The van der Waals surface area contributed by atoms with Gasteiger partial charge >= 0.3 is 6.03 Å². The predicted octanol–water partition coefficient (Wildman–Crippen LogP) is 3.39. The number of rotatable bonds is 7. The van der Waals surface area contributed by atoms with Gasteiger partial charge < -0.3 is 15.5 Å². The van der Waals surface area contributed by atoms with E-state index in [9.17, 15) is 19.2 Å². The van der Waals surface area contributed by atoms with Crippen LogP contribution in [0.4, 0.5) is 10.5 Å². The highest BCUT2D eigenvalue weighted by molar-refractivity contribution is 9.10. The molecule has 2 aromatic rings. The van der Waals surface area contributed by atoms with Crippen molar-refractivity contribution in [2.45, 2.75) is 50.1 Å². The fraction of sp³-hybridized carbons (Fsp3) is 0.385. The zero-order valence-electron chi connectivity index (χ0n) is 19.6. The molecule has 1 saturated heterocycles. The standard InChI is InChI=1S/C26H29BrN4O4/c1-30(20-12-8-11-19(27)16-20)23(33)21(15-18-9-4-2-5-10-18)28-22(32)17-31-24(34)26(29-25(31)35)13-6-3-7-14-26/h2,4-5,8-12,16,21H,3,6-7,13-15,17H2,1H3,(H,28,32)(H,29,35). The molecule has 0 bridgehead atoms. The number of carbonyl (C=O) groups excluding carboxylic acids is 4. The third-order valence-electron chi connectivity index (χ3n) is 6.70. The van der Waals surface area contributed by atoms with Crippen molar-refractivity contribution in [2.24, 2.45) is 0 Å². The number of anilines is 1. The van der Waals surface area contributed by atoms with Crippen molar-refractivity contribution >= 4 is 45.4 Å². The molecule has 1 aliphatic heterocycles. The summed E-state index contributed by atoms with van der Waals surface area (Å²) in [6.07, 6.45) is 4.20. The maximum atomic E-state index is 13.4. The number of likely N-dealkylation sites (N-methyl/N-ethyl adjacent to an activating group) is 1. The summed E-state index contributed by atoms with van der Waals surface area (Å²) in [4.78, 5) is 54.5. The van der Waals surface area contributed by atoms with Crippen LogP contribution in [0.3, 0.4) is 0 Å². The lowest BCUT2D eigenvalue weighted by Crippen LogP contribution is -2.52.